The normalized spacial score (nSPS) is 19.1. The van der Waals surface area contributed by atoms with Crippen molar-refractivity contribution in [3.05, 3.63) is 35.4 Å². The van der Waals surface area contributed by atoms with E-state index in [0.717, 1.165) is 29.2 Å². The Balaban J connectivity index is 2.24. The maximum absolute atomic E-state index is 6.26. The summed E-state index contributed by atoms with van der Waals surface area (Å²) in [4.78, 5) is 4.40. The fraction of sp³-hybridized carbons (Fsp3) is 0.364. The Hall–Kier alpha value is -1.06. The Bertz CT molecular complexity index is 514. The number of nitrogens with zero attached hydrogens (tertiary/aromatic N) is 2. The Morgan fingerprint density at radius 2 is 2.27 bits per heavy atom. The molecule has 0 unspecified atom stereocenters. The number of pyridine rings is 1. The van der Waals surface area contributed by atoms with E-state index >= 15 is 0 Å². The first kappa shape index (κ1) is 9.19. The lowest BCUT2D eigenvalue weighted by Gasteiger charge is -2.36. The summed E-state index contributed by atoms with van der Waals surface area (Å²) in [7, 11) is 0. The maximum atomic E-state index is 6.26. The van der Waals surface area contributed by atoms with E-state index in [1.54, 1.807) is 6.20 Å². The predicted molar refractivity (Wildman–Crippen MR) is 59.9 cm³/mol. The summed E-state index contributed by atoms with van der Waals surface area (Å²) >= 11 is 6.08. The van der Waals surface area contributed by atoms with Crippen LogP contribution in [-0.4, -0.2) is 9.38 Å². The van der Waals surface area contributed by atoms with Crippen molar-refractivity contribution in [3.63, 3.8) is 0 Å². The Labute approximate surface area is 92.9 Å². The standard InChI is InChI=1S/C11H12ClN3/c12-8-3-1-6-15-9(8)7-14-10(15)11(13)4-2-5-11/h1,3,6-7H,2,4-5,13H2. The molecule has 0 aliphatic heterocycles. The van der Waals surface area contributed by atoms with E-state index in [1.807, 2.05) is 22.7 Å². The van der Waals surface area contributed by atoms with Crippen LogP contribution < -0.4 is 5.73 Å². The Morgan fingerprint density at radius 3 is 2.93 bits per heavy atom. The third-order valence-corrected chi connectivity index (χ3v) is 3.53. The van der Waals surface area contributed by atoms with Crippen LogP contribution in [0, 0.1) is 0 Å². The molecule has 0 saturated heterocycles. The smallest absolute Gasteiger partial charge is 0.133 e. The molecule has 1 aliphatic carbocycles. The fourth-order valence-corrected chi connectivity index (χ4v) is 2.35. The van der Waals surface area contributed by atoms with Gasteiger partial charge < -0.3 is 10.1 Å². The molecule has 0 bridgehead atoms. The highest BCUT2D eigenvalue weighted by Crippen LogP contribution is 2.38. The van der Waals surface area contributed by atoms with Crippen molar-refractivity contribution in [2.45, 2.75) is 24.8 Å². The number of aromatic nitrogens is 2. The van der Waals surface area contributed by atoms with Crippen molar-refractivity contribution >= 4 is 17.1 Å². The van der Waals surface area contributed by atoms with Gasteiger partial charge in [-0.15, -0.1) is 0 Å². The minimum atomic E-state index is -0.239. The summed E-state index contributed by atoms with van der Waals surface area (Å²) in [5.74, 6) is 0.936. The summed E-state index contributed by atoms with van der Waals surface area (Å²) in [6, 6.07) is 3.79. The van der Waals surface area contributed by atoms with E-state index in [9.17, 15) is 0 Å². The number of rotatable bonds is 1. The molecule has 0 aromatic carbocycles. The fourth-order valence-electron chi connectivity index (χ4n) is 2.14. The molecule has 0 amide bonds. The number of imidazole rings is 1. The summed E-state index contributed by atoms with van der Waals surface area (Å²) in [5, 5.41) is 0.721. The second kappa shape index (κ2) is 2.97. The molecule has 2 N–H and O–H groups in total. The highest BCUT2D eigenvalue weighted by atomic mass is 35.5. The minimum absolute atomic E-state index is 0.239. The van der Waals surface area contributed by atoms with E-state index in [2.05, 4.69) is 4.98 Å². The Morgan fingerprint density at radius 1 is 1.47 bits per heavy atom. The zero-order valence-corrected chi connectivity index (χ0v) is 9.04. The molecule has 2 aromatic rings. The molecule has 3 nitrogen and oxygen atoms in total. The number of hydrogen-bond acceptors (Lipinski definition) is 2. The van der Waals surface area contributed by atoms with Gasteiger partial charge in [-0.1, -0.05) is 11.6 Å². The average Bonchev–Trinajstić information content (AvgIpc) is 2.60. The second-order valence-electron chi connectivity index (χ2n) is 4.20. The Kier molecular flexibility index (Phi) is 1.82. The second-order valence-corrected chi connectivity index (χ2v) is 4.61. The molecule has 1 fully saturated rings. The van der Waals surface area contributed by atoms with E-state index in [4.69, 9.17) is 17.3 Å². The van der Waals surface area contributed by atoms with E-state index in [-0.39, 0.29) is 5.54 Å². The monoisotopic (exact) mass is 221 g/mol. The topological polar surface area (TPSA) is 43.3 Å². The van der Waals surface area contributed by atoms with Gasteiger partial charge in [-0.2, -0.15) is 0 Å². The van der Waals surface area contributed by atoms with Crippen molar-refractivity contribution < 1.29 is 0 Å². The SMILES string of the molecule is NC1(c2ncc3c(Cl)cccn23)CCC1. The predicted octanol–water partition coefficient (Wildman–Crippen LogP) is 2.33. The van der Waals surface area contributed by atoms with Gasteiger partial charge in [-0.3, -0.25) is 0 Å². The summed E-state index contributed by atoms with van der Waals surface area (Å²) in [6.07, 6.45) is 6.98. The molecule has 0 spiro atoms. The summed E-state index contributed by atoms with van der Waals surface area (Å²) in [6.45, 7) is 0. The zero-order chi connectivity index (χ0) is 10.5. The lowest BCUT2D eigenvalue weighted by molar-refractivity contribution is 0.237. The van der Waals surface area contributed by atoms with Crippen LogP contribution in [0.15, 0.2) is 24.5 Å². The molecule has 15 heavy (non-hydrogen) atoms. The van der Waals surface area contributed by atoms with Crippen molar-refractivity contribution in [2.75, 3.05) is 0 Å². The molecule has 3 rings (SSSR count). The third kappa shape index (κ3) is 1.20. The molecule has 2 heterocycles. The van der Waals surface area contributed by atoms with Gasteiger partial charge in [0.1, 0.15) is 5.82 Å². The molecule has 0 radical (unpaired) electrons. The largest absolute Gasteiger partial charge is 0.319 e. The highest BCUT2D eigenvalue weighted by molar-refractivity contribution is 6.33. The van der Waals surface area contributed by atoms with Gasteiger partial charge in [0.25, 0.3) is 0 Å². The van der Waals surface area contributed by atoms with Gasteiger partial charge in [-0.05, 0) is 31.4 Å². The lowest BCUT2D eigenvalue weighted by atomic mass is 9.77. The highest BCUT2D eigenvalue weighted by Gasteiger charge is 2.38. The van der Waals surface area contributed by atoms with Crippen LogP contribution in [0.25, 0.3) is 5.52 Å². The first-order chi connectivity index (χ1) is 7.21. The minimum Gasteiger partial charge on any atom is -0.319 e. The lowest BCUT2D eigenvalue weighted by Crippen LogP contribution is -2.44. The number of hydrogen-bond donors (Lipinski definition) is 1. The maximum Gasteiger partial charge on any atom is 0.133 e. The van der Waals surface area contributed by atoms with Gasteiger partial charge in [-0.25, -0.2) is 4.98 Å². The van der Waals surface area contributed by atoms with Crippen LogP contribution >= 0.6 is 11.6 Å². The summed E-state index contributed by atoms with van der Waals surface area (Å²) in [5.41, 5.74) is 6.96. The molecule has 0 atom stereocenters. The van der Waals surface area contributed by atoms with Gasteiger partial charge >= 0.3 is 0 Å². The van der Waals surface area contributed by atoms with E-state index in [1.165, 1.54) is 6.42 Å². The first-order valence-electron chi connectivity index (χ1n) is 5.12. The molecular weight excluding hydrogens is 210 g/mol. The first-order valence-corrected chi connectivity index (χ1v) is 5.49. The van der Waals surface area contributed by atoms with Crippen molar-refractivity contribution in [3.8, 4) is 0 Å². The van der Waals surface area contributed by atoms with Gasteiger partial charge in [0.05, 0.1) is 22.3 Å². The van der Waals surface area contributed by atoms with Gasteiger partial charge in [0.15, 0.2) is 0 Å². The van der Waals surface area contributed by atoms with Crippen LogP contribution in [-0.2, 0) is 5.54 Å². The molecule has 1 aliphatic rings. The van der Waals surface area contributed by atoms with E-state index < -0.39 is 0 Å². The zero-order valence-electron chi connectivity index (χ0n) is 8.28. The molecule has 78 valence electrons. The molecule has 2 aromatic heterocycles. The van der Waals surface area contributed by atoms with Crippen LogP contribution in [0.4, 0.5) is 0 Å². The van der Waals surface area contributed by atoms with Crippen LogP contribution in [0.3, 0.4) is 0 Å². The number of nitrogens with two attached hydrogens (primary N) is 1. The van der Waals surface area contributed by atoms with E-state index in [0.29, 0.717) is 0 Å². The van der Waals surface area contributed by atoms with Gasteiger partial charge in [0.2, 0.25) is 0 Å². The number of fused-ring (bicyclic) bond motifs is 1. The van der Waals surface area contributed by atoms with Gasteiger partial charge in [0, 0.05) is 6.20 Å². The average molecular weight is 222 g/mol. The molecule has 1 saturated carbocycles. The molecular formula is C11H12ClN3. The van der Waals surface area contributed by atoms with Crippen molar-refractivity contribution in [1.82, 2.24) is 9.38 Å². The van der Waals surface area contributed by atoms with Crippen molar-refractivity contribution in [2.24, 2.45) is 5.73 Å². The van der Waals surface area contributed by atoms with Crippen LogP contribution in [0.2, 0.25) is 5.02 Å². The summed E-state index contributed by atoms with van der Waals surface area (Å²) < 4.78 is 2.00. The molecule has 4 heteroatoms. The van der Waals surface area contributed by atoms with Crippen LogP contribution in [0.5, 0.6) is 0 Å². The van der Waals surface area contributed by atoms with Crippen LogP contribution in [0.1, 0.15) is 25.1 Å². The number of halogens is 1. The third-order valence-electron chi connectivity index (χ3n) is 3.21. The van der Waals surface area contributed by atoms with Crippen molar-refractivity contribution in [1.29, 1.82) is 0 Å². The quantitative estimate of drug-likeness (QED) is 0.803.